The molecular weight excluding hydrogens is 851 g/mol. The van der Waals surface area contributed by atoms with E-state index in [0.29, 0.717) is 6.54 Å². The summed E-state index contributed by atoms with van der Waals surface area (Å²) in [6, 6.07) is 84.1. The van der Waals surface area contributed by atoms with Crippen LogP contribution in [0.4, 0.5) is 0 Å². The summed E-state index contributed by atoms with van der Waals surface area (Å²) in [5.41, 5.74) is 17.7. The third-order valence-electron chi connectivity index (χ3n) is 14.7. The summed E-state index contributed by atoms with van der Waals surface area (Å²) in [4.78, 5) is 0. The van der Waals surface area contributed by atoms with Gasteiger partial charge in [0.25, 0.3) is 0 Å². The van der Waals surface area contributed by atoms with E-state index in [2.05, 4.69) is 261 Å². The third-order valence-corrected chi connectivity index (χ3v) is 14.7. The average Bonchev–Trinajstić information content (AvgIpc) is 4.15. The molecule has 5 heteroatoms. The first-order valence-electron chi connectivity index (χ1n) is 24.1. The van der Waals surface area contributed by atoms with Gasteiger partial charge in [-0.3, -0.25) is 0 Å². The van der Waals surface area contributed by atoms with Crippen LogP contribution in [0.3, 0.4) is 0 Å². The number of benzene rings is 10. The molecule has 0 aliphatic carbocycles. The van der Waals surface area contributed by atoms with Crippen molar-refractivity contribution in [3.05, 3.63) is 248 Å². The fourth-order valence-electron chi connectivity index (χ4n) is 11.6. The van der Waals surface area contributed by atoms with Gasteiger partial charge in [-0.1, -0.05) is 170 Å². The summed E-state index contributed by atoms with van der Waals surface area (Å²) < 4.78 is 9.53. The lowest BCUT2D eigenvalue weighted by Gasteiger charge is -2.29. The van der Waals surface area contributed by atoms with Crippen LogP contribution in [0.25, 0.3) is 138 Å². The normalized spacial score (nSPS) is 13.1. The van der Waals surface area contributed by atoms with Crippen LogP contribution in [0.1, 0.15) is 0 Å². The molecule has 14 aromatic rings. The summed E-state index contributed by atoms with van der Waals surface area (Å²) in [6.45, 7) is 0.545. The smallest absolute Gasteiger partial charge is 0.0547 e. The van der Waals surface area contributed by atoms with Gasteiger partial charge in [0, 0.05) is 49.4 Å². The predicted octanol–water partition coefficient (Wildman–Crippen LogP) is 17.2. The van der Waals surface area contributed by atoms with Gasteiger partial charge < -0.3 is 23.6 Å². The SMILES string of the molecule is C1=C(n2c3ccccc3c3cc(-c4ccc5c6ccccc6n(-c6ccccc6)c5c4)ccc32)C[N-]C(n2c3ccccc3c3cc(-c4ccc5c6ccccc6n(-c6ccccc6)c5c4)ccc32)=C1. The van der Waals surface area contributed by atoms with Crippen LogP contribution >= 0.6 is 0 Å². The highest BCUT2D eigenvalue weighted by Gasteiger charge is 2.19. The van der Waals surface area contributed by atoms with Crippen molar-refractivity contribution < 1.29 is 0 Å². The Bertz CT molecular complexity index is 4230. The molecule has 0 unspecified atom stereocenters. The van der Waals surface area contributed by atoms with Crippen LogP contribution in [0.15, 0.2) is 243 Å². The molecule has 328 valence electrons. The van der Waals surface area contributed by atoms with E-state index in [1.54, 1.807) is 0 Å². The molecular formula is C65H42N5-. The molecule has 70 heavy (non-hydrogen) atoms. The van der Waals surface area contributed by atoms with E-state index in [4.69, 9.17) is 5.32 Å². The molecule has 0 saturated carbocycles. The maximum atomic E-state index is 5.37. The fourth-order valence-corrected chi connectivity index (χ4v) is 11.6. The van der Waals surface area contributed by atoms with Crippen LogP contribution in [-0.4, -0.2) is 24.8 Å². The standard InChI is InChI=1S/C65H42N5/c1-3-15-46(16-4-1)67-57-23-11-7-19-49(57)53-32-27-44(39-63(53)67)42-29-34-61-55(37-42)51-21-9-13-25-59(51)69(61)48-31-36-65(66-41-48)70-60-26-14-10-22-52(60)56-38-43(30-35-62(56)70)45-28-33-54-50-20-8-12-24-58(50)68(64(54)40-45)47-17-5-2-6-18-47/h1-40H,41H2/q-1. The largest absolute Gasteiger partial charge is 0.459 e. The van der Waals surface area contributed by atoms with Gasteiger partial charge in [0.1, 0.15) is 0 Å². The van der Waals surface area contributed by atoms with Crippen LogP contribution in [-0.2, 0) is 0 Å². The Morgan fingerprint density at radius 2 is 0.614 bits per heavy atom. The van der Waals surface area contributed by atoms with Gasteiger partial charge in [-0.2, -0.15) is 0 Å². The Kier molecular flexibility index (Phi) is 8.36. The molecule has 4 aromatic heterocycles. The van der Waals surface area contributed by atoms with E-state index in [0.717, 1.165) is 33.9 Å². The van der Waals surface area contributed by atoms with Crippen LogP contribution in [0, 0.1) is 0 Å². The minimum atomic E-state index is 0.545. The molecule has 1 aliphatic rings. The first-order chi connectivity index (χ1) is 34.7. The van der Waals surface area contributed by atoms with Crippen molar-refractivity contribution in [1.82, 2.24) is 18.3 Å². The first kappa shape index (κ1) is 38.8. The van der Waals surface area contributed by atoms with Gasteiger partial charge in [-0.05, 0) is 129 Å². The van der Waals surface area contributed by atoms with Crippen molar-refractivity contribution in [3.63, 3.8) is 0 Å². The molecule has 10 aromatic carbocycles. The highest BCUT2D eigenvalue weighted by Crippen LogP contribution is 2.42. The molecule has 15 rings (SSSR count). The number of hydrogen-bond donors (Lipinski definition) is 0. The maximum Gasteiger partial charge on any atom is 0.0547 e. The number of nitrogens with zero attached hydrogens (tertiary/aromatic N) is 5. The number of hydrogen-bond acceptors (Lipinski definition) is 0. The summed E-state index contributed by atoms with van der Waals surface area (Å²) in [5, 5.41) is 15.3. The molecule has 0 N–H and O–H groups in total. The molecule has 0 atom stereocenters. The topological polar surface area (TPSA) is 33.8 Å². The predicted molar refractivity (Wildman–Crippen MR) is 295 cm³/mol. The van der Waals surface area contributed by atoms with E-state index in [9.17, 15) is 0 Å². The molecule has 0 saturated heterocycles. The highest BCUT2D eigenvalue weighted by atomic mass is 15.2. The Labute approximate surface area is 403 Å². The minimum absolute atomic E-state index is 0.545. The summed E-state index contributed by atoms with van der Waals surface area (Å²) in [6.07, 6.45) is 4.47. The molecule has 1 aliphatic heterocycles. The lowest BCUT2D eigenvalue weighted by molar-refractivity contribution is 1.12. The number of fused-ring (bicyclic) bond motifs is 12. The van der Waals surface area contributed by atoms with Crippen molar-refractivity contribution in [2.75, 3.05) is 6.54 Å². The Morgan fingerprint density at radius 3 is 1.09 bits per heavy atom. The van der Waals surface area contributed by atoms with Gasteiger partial charge in [0.2, 0.25) is 0 Å². The number of allylic oxidation sites excluding steroid dienone is 2. The molecule has 5 heterocycles. The lowest BCUT2D eigenvalue weighted by Crippen LogP contribution is -2.07. The van der Waals surface area contributed by atoms with Crippen molar-refractivity contribution in [3.8, 4) is 33.6 Å². The van der Waals surface area contributed by atoms with Gasteiger partial charge in [-0.25, -0.2) is 0 Å². The molecule has 0 spiro atoms. The number of aromatic nitrogens is 4. The molecule has 5 nitrogen and oxygen atoms in total. The van der Waals surface area contributed by atoms with Gasteiger partial charge in [0.15, 0.2) is 0 Å². The van der Waals surface area contributed by atoms with Crippen LogP contribution in [0.2, 0.25) is 0 Å². The Hall–Kier alpha value is -9.32. The summed E-state index contributed by atoms with van der Waals surface area (Å²) in [5.74, 6) is 0.933. The van der Waals surface area contributed by atoms with Gasteiger partial charge in [0.05, 0.1) is 33.1 Å². The van der Waals surface area contributed by atoms with E-state index in [-0.39, 0.29) is 0 Å². The second-order valence-electron chi connectivity index (χ2n) is 18.5. The zero-order valence-corrected chi connectivity index (χ0v) is 38.0. The fraction of sp³-hybridized carbons (Fsp3) is 0.0154. The first-order valence-corrected chi connectivity index (χ1v) is 24.1. The van der Waals surface area contributed by atoms with Crippen molar-refractivity contribution in [2.45, 2.75) is 0 Å². The van der Waals surface area contributed by atoms with Crippen molar-refractivity contribution in [2.24, 2.45) is 0 Å². The summed E-state index contributed by atoms with van der Waals surface area (Å²) >= 11 is 0. The van der Waals surface area contributed by atoms with E-state index in [1.807, 2.05) is 0 Å². The van der Waals surface area contributed by atoms with Crippen LogP contribution < -0.4 is 0 Å². The van der Waals surface area contributed by atoms with E-state index in [1.165, 1.54) is 98.4 Å². The number of para-hydroxylation sites is 6. The molecule has 0 radical (unpaired) electrons. The Morgan fingerprint density at radius 1 is 0.257 bits per heavy atom. The van der Waals surface area contributed by atoms with Crippen molar-refractivity contribution >= 4 is 98.7 Å². The summed E-state index contributed by atoms with van der Waals surface area (Å²) in [7, 11) is 0. The minimum Gasteiger partial charge on any atom is -0.459 e. The Balaban J connectivity index is 0.820. The van der Waals surface area contributed by atoms with Crippen LogP contribution in [0.5, 0.6) is 0 Å². The molecule has 0 amide bonds. The third kappa shape index (κ3) is 5.72. The van der Waals surface area contributed by atoms with Gasteiger partial charge >= 0.3 is 0 Å². The van der Waals surface area contributed by atoms with Gasteiger partial charge in [-0.15, -0.1) is 0 Å². The quantitative estimate of drug-likeness (QED) is 0.159. The van der Waals surface area contributed by atoms with E-state index < -0.39 is 0 Å². The average molecular weight is 893 g/mol. The zero-order valence-electron chi connectivity index (χ0n) is 38.0. The monoisotopic (exact) mass is 892 g/mol. The maximum absolute atomic E-state index is 5.37. The number of rotatable bonds is 6. The molecule has 0 bridgehead atoms. The zero-order chi connectivity index (χ0) is 45.9. The second kappa shape index (κ2) is 15.1. The second-order valence-corrected chi connectivity index (χ2v) is 18.5. The van der Waals surface area contributed by atoms with E-state index >= 15 is 0 Å². The highest BCUT2D eigenvalue weighted by molar-refractivity contribution is 6.15. The molecule has 0 fully saturated rings. The lowest BCUT2D eigenvalue weighted by atomic mass is 10.0. The van der Waals surface area contributed by atoms with Crippen molar-refractivity contribution in [1.29, 1.82) is 0 Å².